The van der Waals surface area contributed by atoms with E-state index in [4.69, 9.17) is 5.73 Å². The molecule has 0 fully saturated rings. The fourth-order valence-corrected chi connectivity index (χ4v) is 1.18. The van der Waals surface area contributed by atoms with Crippen LogP contribution in [-0.2, 0) is 0 Å². The Labute approximate surface area is 84.5 Å². The van der Waals surface area contributed by atoms with Crippen molar-refractivity contribution in [2.24, 2.45) is 5.73 Å². The van der Waals surface area contributed by atoms with Gasteiger partial charge in [-0.1, -0.05) is 29.8 Å². The lowest BCUT2D eigenvalue weighted by atomic mass is 10.0. The van der Waals surface area contributed by atoms with Crippen molar-refractivity contribution in [1.82, 2.24) is 0 Å². The van der Waals surface area contributed by atoms with Gasteiger partial charge in [0.15, 0.2) is 0 Å². The molecule has 1 rings (SSSR count). The lowest BCUT2D eigenvalue weighted by Crippen LogP contribution is -2.10. The van der Waals surface area contributed by atoms with Crippen LogP contribution in [-0.4, -0.2) is 6.67 Å². The number of hydrogen-bond donors (Lipinski definition) is 1. The van der Waals surface area contributed by atoms with E-state index in [0.29, 0.717) is 6.42 Å². The van der Waals surface area contributed by atoms with Gasteiger partial charge in [0, 0.05) is 6.04 Å². The summed E-state index contributed by atoms with van der Waals surface area (Å²) >= 11 is 0. The van der Waals surface area contributed by atoms with Crippen molar-refractivity contribution in [1.29, 1.82) is 0 Å². The zero-order chi connectivity index (χ0) is 8.97. The van der Waals surface area contributed by atoms with Crippen LogP contribution in [0.3, 0.4) is 0 Å². The Morgan fingerprint density at radius 3 is 2.69 bits per heavy atom. The number of rotatable bonds is 3. The predicted molar refractivity (Wildman–Crippen MR) is 55.9 cm³/mol. The summed E-state index contributed by atoms with van der Waals surface area (Å²) in [6.07, 6.45) is 0.406. The van der Waals surface area contributed by atoms with E-state index < -0.39 is 0 Å². The van der Waals surface area contributed by atoms with Crippen LogP contribution in [0.5, 0.6) is 0 Å². The molecule has 0 amide bonds. The van der Waals surface area contributed by atoms with Crippen molar-refractivity contribution in [2.45, 2.75) is 19.4 Å². The van der Waals surface area contributed by atoms with Gasteiger partial charge in [0.05, 0.1) is 6.67 Å². The third-order valence-electron chi connectivity index (χ3n) is 1.89. The standard InChI is InChI=1S/C10H14FN.ClH/c1-8-3-2-4-9(7-8)10(12)5-6-11;/h2-4,7,10H,5-6,12H2,1H3;1H/t10-;/m1./s1. The molecule has 1 aromatic carbocycles. The molecule has 0 heterocycles. The van der Waals surface area contributed by atoms with Gasteiger partial charge in [0.2, 0.25) is 0 Å². The molecule has 0 aliphatic rings. The number of benzene rings is 1. The monoisotopic (exact) mass is 203 g/mol. The van der Waals surface area contributed by atoms with Crippen LogP contribution in [0, 0.1) is 6.92 Å². The molecule has 13 heavy (non-hydrogen) atoms. The molecule has 0 radical (unpaired) electrons. The van der Waals surface area contributed by atoms with Crippen LogP contribution in [0.25, 0.3) is 0 Å². The molecule has 1 nitrogen and oxygen atoms in total. The van der Waals surface area contributed by atoms with E-state index in [1.807, 2.05) is 31.2 Å². The number of alkyl halides is 1. The van der Waals surface area contributed by atoms with E-state index in [0.717, 1.165) is 5.56 Å². The molecule has 1 aromatic rings. The first-order valence-electron chi connectivity index (χ1n) is 4.12. The second kappa shape index (κ2) is 5.95. The summed E-state index contributed by atoms with van der Waals surface area (Å²) in [7, 11) is 0. The topological polar surface area (TPSA) is 26.0 Å². The van der Waals surface area contributed by atoms with E-state index in [1.165, 1.54) is 5.56 Å². The van der Waals surface area contributed by atoms with Crippen LogP contribution < -0.4 is 5.73 Å². The van der Waals surface area contributed by atoms with Crippen molar-refractivity contribution in [2.75, 3.05) is 6.67 Å². The maximum absolute atomic E-state index is 11.9. The molecule has 0 spiro atoms. The van der Waals surface area contributed by atoms with Gasteiger partial charge in [0.25, 0.3) is 0 Å². The largest absolute Gasteiger partial charge is 0.324 e. The van der Waals surface area contributed by atoms with Gasteiger partial charge in [-0.3, -0.25) is 4.39 Å². The van der Waals surface area contributed by atoms with Gasteiger partial charge >= 0.3 is 0 Å². The van der Waals surface area contributed by atoms with Gasteiger partial charge in [-0.05, 0) is 18.9 Å². The Balaban J connectivity index is 0.00000144. The normalized spacial score (nSPS) is 11.9. The van der Waals surface area contributed by atoms with Crippen LogP contribution in [0.1, 0.15) is 23.6 Å². The first kappa shape index (κ1) is 12.4. The highest BCUT2D eigenvalue weighted by molar-refractivity contribution is 5.85. The summed E-state index contributed by atoms with van der Waals surface area (Å²) in [6, 6.07) is 7.73. The number of halogens is 2. The Morgan fingerprint density at radius 1 is 1.46 bits per heavy atom. The quantitative estimate of drug-likeness (QED) is 0.804. The van der Waals surface area contributed by atoms with Crippen molar-refractivity contribution in [3.05, 3.63) is 35.4 Å². The lowest BCUT2D eigenvalue weighted by Gasteiger charge is -2.09. The molecule has 0 aliphatic heterocycles. The SMILES string of the molecule is Cc1cccc([C@H](N)CCF)c1.Cl. The van der Waals surface area contributed by atoms with E-state index in [9.17, 15) is 4.39 Å². The highest BCUT2D eigenvalue weighted by Crippen LogP contribution is 2.14. The fraction of sp³-hybridized carbons (Fsp3) is 0.400. The van der Waals surface area contributed by atoms with Crippen molar-refractivity contribution < 1.29 is 4.39 Å². The second-order valence-electron chi connectivity index (χ2n) is 3.00. The molecule has 0 unspecified atom stereocenters. The molecular weight excluding hydrogens is 189 g/mol. The minimum Gasteiger partial charge on any atom is -0.324 e. The number of nitrogens with two attached hydrogens (primary N) is 1. The zero-order valence-corrected chi connectivity index (χ0v) is 8.48. The van der Waals surface area contributed by atoms with E-state index in [1.54, 1.807) is 0 Å². The van der Waals surface area contributed by atoms with E-state index in [-0.39, 0.29) is 25.1 Å². The summed E-state index contributed by atoms with van der Waals surface area (Å²) in [5.41, 5.74) is 7.92. The Kier molecular flexibility index (Phi) is 5.67. The first-order valence-corrected chi connectivity index (χ1v) is 4.12. The molecule has 0 saturated heterocycles. The first-order chi connectivity index (χ1) is 5.74. The molecule has 2 N–H and O–H groups in total. The Hall–Kier alpha value is -0.600. The van der Waals surface area contributed by atoms with Gasteiger partial charge in [-0.15, -0.1) is 12.4 Å². The van der Waals surface area contributed by atoms with Crippen LogP contribution in [0.4, 0.5) is 4.39 Å². The molecule has 3 heteroatoms. The minimum absolute atomic E-state index is 0. The average molecular weight is 204 g/mol. The molecule has 0 aliphatic carbocycles. The maximum atomic E-state index is 11.9. The van der Waals surface area contributed by atoms with Gasteiger partial charge in [-0.25, -0.2) is 0 Å². The predicted octanol–water partition coefficient (Wildman–Crippen LogP) is 2.78. The third kappa shape index (κ3) is 3.75. The average Bonchev–Trinajstić information content (AvgIpc) is 2.05. The summed E-state index contributed by atoms with van der Waals surface area (Å²) in [5.74, 6) is 0. The van der Waals surface area contributed by atoms with Crippen molar-refractivity contribution in [3.63, 3.8) is 0 Å². The lowest BCUT2D eigenvalue weighted by molar-refractivity contribution is 0.442. The van der Waals surface area contributed by atoms with E-state index in [2.05, 4.69) is 0 Å². The molecule has 74 valence electrons. The van der Waals surface area contributed by atoms with Gasteiger partial charge < -0.3 is 5.73 Å². The highest BCUT2D eigenvalue weighted by atomic mass is 35.5. The second-order valence-corrected chi connectivity index (χ2v) is 3.00. The van der Waals surface area contributed by atoms with E-state index >= 15 is 0 Å². The van der Waals surface area contributed by atoms with Crippen LogP contribution in [0.15, 0.2) is 24.3 Å². The number of aryl methyl sites for hydroxylation is 1. The molecule has 0 aromatic heterocycles. The van der Waals surface area contributed by atoms with Crippen molar-refractivity contribution in [3.8, 4) is 0 Å². The summed E-state index contributed by atoms with van der Waals surface area (Å²) in [6.45, 7) is 1.65. The number of hydrogen-bond acceptors (Lipinski definition) is 1. The molecule has 1 atom stereocenters. The summed E-state index contributed by atoms with van der Waals surface area (Å²) in [5, 5.41) is 0. The molecule has 0 bridgehead atoms. The van der Waals surface area contributed by atoms with Crippen molar-refractivity contribution >= 4 is 12.4 Å². The molecule has 0 saturated carbocycles. The van der Waals surface area contributed by atoms with Gasteiger partial charge in [0.1, 0.15) is 0 Å². The molecular formula is C10H15ClFN. The van der Waals surface area contributed by atoms with Crippen LogP contribution >= 0.6 is 12.4 Å². The summed E-state index contributed by atoms with van der Waals surface area (Å²) in [4.78, 5) is 0. The third-order valence-corrected chi connectivity index (χ3v) is 1.89. The van der Waals surface area contributed by atoms with Gasteiger partial charge in [-0.2, -0.15) is 0 Å². The minimum atomic E-state index is -0.352. The maximum Gasteiger partial charge on any atom is 0.0912 e. The van der Waals surface area contributed by atoms with Crippen LogP contribution in [0.2, 0.25) is 0 Å². The highest BCUT2D eigenvalue weighted by Gasteiger charge is 2.04. The summed E-state index contributed by atoms with van der Waals surface area (Å²) < 4.78 is 11.9. The fourth-order valence-electron chi connectivity index (χ4n) is 1.18. The smallest absolute Gasteiger partial charge is 0.0912 e. The Morgan fingerprint density at radius 2 is 2.15 bits per heavy atom. The Bertz CT molecular complexity index is 252. The zero-order valence-electron chi connectivity index (χ0n) is 7.66.